The molecule has 124 valence electrons. The minimum absolute atomic E-state index is 0.552. The van der Waals surface area contributed by atoms with E-state index in [9.17, 15) is 0 Å². The highest BCUT2D eigenvalue weighted by Crippen LogP contribution is 2.22. The SMILES string of the molecule is CCSC(CSCCSCC[n+]1ccccc1)[n+]1ccccc1. The monoisotopic (exact) mass is 366 g/mol. The summed E-state index contributed by atoms with van der Waals surface area (Å²) in [5.74, 6) is 6.01. The molecule has 0 saturated heterocycles. The predicted molar refractivity (Wildman–Crippen MR) is 105 cm³/mol. The molecule has 2 aromatic rings. The first kappa shape index (κ1) is 18.7. The van der Waals surface area contributed by atoms with E-state index in [1.165, 1.54) is 23.0 Å². The maximum atomic E-state index is 2.33. The van der Waals surface area contributed by atoms with E-state index in [1.54, 1.807) is 0 Å². The van der Waals surface area contributed by atoms with Gasteiger partial charge in [0.05, 0.1) is 11.5 Å². The number of nitrogens with zero attached hydrogens (tertiary/aromatic N) is 2. The number of pyridine rings is 2. The molecule has 0 radical (unpaired) electrons. The van der Waals surface area contributed by atoms with Gasteiger partial charge in [-0.1, -0.05) is 30.8 Å². The molecule has 23 heavy (non-hydrogen) atoms. The molecule has 0 fully saturated rings. The average molecular weight is 367 g/mol. The van der Waals surface area contributed by atoms with Gasteiger partial charge in [0.25, 0.3) is 0 Å². The molecule has 2 heterocycles. The molecule has 0 aliphatic rings. The third-order valence-corrected chi connectivity index (χ3v) is 6.94. The number of aryl methyl sites for hydroxylation is 1. The van der Waals surface area contributed by atoms with Crippen LogP contribution < -0.4 is 9.13 Å². The molecule has 0 aliphatic carbocycles. The largest absolute Gasteiger partial charge is 0.213 e. The van der Waals surface area contributed by atoms with Crippen LogP contribution in [0.4, 0.5) is 0 Å². The smallest absolute Gasteiger partial charge is 0.204 e. The summed E-state index contributed by atoms with van der Waals surface area (Å²) >= 11 is 6.15. The van der Waals surface area contributed by atoms with E-state index in [0.717, 1.165) is 12.3 Å². The minimum atomic E-state index is 0.552. The standard InChI is InChI=1S/C18H26N2S3/c1-2-23-18(20-11-7-4-8-12-20)17-22-16-15-21-14-13-19-9-5-3-6-10-19/h3-12,18H,2,13-17H2,1H3/q+2. The third kappa shape index (κ3) is 7.64. The summed E-state index contributed by atoms with van der Waals surface area (Å²) in [6.45, 7) is 3.34. The second-order valence-corrected chi connectivity index (χ2v) is 8.86. The van der Waals surface area contributed by atoms with Gasteiger partial charge in [0.2, 0.25) is 5.37 Å². The molecular formula is C18H26N2S3+2. The maximum Gasteiger partial charge on any atom is 0.213 e. The van der Waals surface area contributed by atoms with Crippen molar-refractivity contribution in [1.82, 2.24) is 0 Å². The second-order valence-electron chi connectivity index (χ2n) is 5.03. The zero-order valence-electron chi connectivity index (χ0n) is 13.7. The van der Waals surface area contributed by atoms with Crippen molar-refractivity contribution in [2.24, 2.45) is 0 Å². The van der Waals surface area contributed by atoms with Crippen molar-refractivity contribution in [2.75, 3.05) is 28.8 Å². The zero-order chi connectivity index (χ0) is 16.2. The van der Waals surface area contributed by atoms with Crippen LogP contribution in [0.25, 0.3) is 0 Å². The Hall–Kier alpha value is -0.650. The highest BCUT2D eigenvalue weighted by molar-refractivity contribution is 8.04. The van der Waals surface area contributed by atoms with Gasteiger partial charge in [-0.05, 0) is 5.75 Å². The molecule has 0 saturated carbocycles. The summed E-state index contributed by atoms with van der Waals surface area (Å²) in [6, 6.07) is 12.6. The van der Waals surface area contributed by atoms with Gasteiger partial charge in [0.1, 0.15) is 0 Å². The fourth-order valence-corrected chi connectivity index (χ4v) is 5.57. The highest BCUT2D eigenvalue weighted by atomic mass is 32.2. The summed E-state index contributed by atoms with van der Waals surface area (Å²) in [4.78, 5) is 0. The van der Waals surface area contributed by atoms with E-state index < -0.39 is 0 Å². The molecule has 0 amide bonds. The molecule has 0 aliphatic heterocycles. The van der Waals surface area contributed by atoms with Gasteiger partial charge in [0.15, 0.2) is 31.3 Å². The lowest BCUT2D eigenvalue weighted by atomic mass is 10.5. The van der Waals surface area contributed by atoms with E-state index in [-0.39, 0.29) is 0 Å². The molecule has 0 aromatic carbocycles. The maximum absolute atomic E-state index is 2.33. The van der Waals surface area contributed by atoms with Gasteiger partial charge in [-0.3, -0.25) is 0 Å². The van der Waals surface area contributed by atoms with Gasteiger partial charge in [-0.25, -0.2) is 4.57 Å². The first-order valence-corrected chi connectivity index (χ1v) is 11.4. The number of hydrogen-bond acceptors (Lipinski definition) is 3. The minimum Gasteiger partial charge on any atom is -0.204 e. The van der Waals surface area contributed by atoms with Crippen LogP contribution in [0.5, 0.6) is 0 Å². The fraction of sp³-hybridized carbons (Fsp3) is 0.444. The summed E-state index contributed by atoms with van der Waals surface area (Å²) < 4.78 is 4.58. The van der Waals surface area contributed by atoms with E-state index in [4.69, 9.17) is 0 Å². The van der Waals surface area contributed by atoms with Crippen LogP contribution in [-0.2, 0) is 6.54 Å². The van der Waals surface area contributed by atoms with Gasteiger partial charge in [-0.15, -0.1) is 0 Å². The number of aromatic nitrogens is 2. The first-order valence-electron chi connectivity index (χ1n) is 8.07. The van der Waals surface area contributed by atoms with Gasteiger partial charge in [-0.2, -0.15) is 28.1 Å². The summed E-state index contributed by atoms with van der Waals surface area (Å²) in [5.41, 5.74) is 0. The average Bonchev–Trinajstić information content (AvgIpc) is 2.61. The Kier molecular flexibility index (Phi) is 9.60. The predicted octanol–water partition coefficient (Wildman–Crippen LogP) is 3.68. The fourth-order valence-electron chi connectivity index (χ4n) is 2.17. The van der Waals surface area contributed by atoms with E-state index in [2.05, 4.69) is 101 Å². The van der Waals surface area contributed by atoms with Crippen LogP contribution in [0.1, 0.15) is 12.3 Å². The van der Waals surface area contributed by atoms with Crippen molar-refractivity contribution in [2.45, 2.75) is 18.8 Å². The van der Waals surface area contributed by atoms with Crippen LogP contribution in [0.15, 0.2) is 61.2 Å². The van der Waals surface area contributed by atoms with Gasteiger partial charge < -0.3 is 0 Å². The zero-order valence-corrected chi connectivity index (χ0v) is 16.2. The molecule has 0 N–H and O–H groups in total. The summed E-state index contributed by atoms with van der Waals surface area (Å²) in [6.07, 6.45) is 8.64. The molecular weight excluding hydrogens is 340 g/mol. The molecule has 2 aromatic heterocycles. The van der Waals surface area contributed by atoms with E-state index in [1.807, 2.05) is 11.8 Å². The van der Waals surface area contributed by atoms with Crippen LogP contribution in [-0.4, -0.2) is 28.8 Å². The lowest BCUT2D eigenvalue weighted by Gasteiger charge is -2.10. The molecule has 0 spiro atoms. The van der Waals surface area contributed by atoms with Gasteiger partial charge in [0, 0.05) is 35.8 Å². The molecule has 1 unspecified atom stereocenters. The molecule has 5 heteroatoms. The second kappa shape index (κ2) is 11.8. The Morgan fingerprint density at radius 1 is 0.783 bits per heavy atom. The Morgan fingerprint density at radius 2 is 1.43 bits per heavy atom. The lowest BCUT2D eigenvalue weighted by Crippen LogP contribution is -2.38. The Labute approximate surface area is 153 Å². The molecule has 1 atom stereocenters. The van der Waals surface area contributed by atoms with E-state index in [0.29, 0.717) is 5.37 Å². The summed E-state index contributed by atoms with van der Waals surface area (Å²) in [5, 5.41) is 0.552. The molecule has 2 nitrogen and oxygen atoms in total. The molecule has 2 rings (SSSR count). The Bertz CT molecular complexity index is 522. The number of thioether (sulfide) groups is 3. The van der Waals surface area contributed by atoms with Crippen molar-refractivity contribution in [3.8, 4) is 0 Å². The van der Waals surface area contributed by atoms with E-state index >= 15 is 0 Å². The van der Waals surface area contributed by atoms with Gasteiger partial charge >= 0.3 is 0 Å². The first-order chi connectivity index (χ1) is 11.4. The highest BCUT2D eigenvalue weighted by Gasteiger charge is 2.17. The Morgan fingerprint density at radius 3 is 2.13 bits per heavy atom. The number of hydrogen-bond donors (Lipinski definition) is 0. The number of rotatable bonds is 11. The van der Waals surface area contributed by atoms with Crippen LogP contribution in [0, 0.1) is 0 Å². The van der Waals surface area contributed by atoms with Crippen molar-refractivity contribution in [1.29, 1.82) is 0 Å². The Balaban J connectivity index is 1.58. The van der Waals surface area contributed by atoms with Crippen LogP contribution >= 0.6 is 35.3 Å². The van der Waals surface area contributed by atoms with Crippen LogP contribution in [0.3, 0.4) is 0 Å². The van der Waals surface area contributed by atoms with Crippen molar-refractivity contribution < 1.29 is 9.13 Å². The van der Waals surface area contributed by atoms with Crippen molar-refractivity contribution in [3.63, 3.8) is 0 Å². The topological polar surface area (TPSA) is 7.76 Å². The van der Waals surface area contributed by atoms with Crippen molar-refractivity contribution >= 4 is 35.3 Å². The third-order valence-electron chi connectivity index (χ3n) is 3.33. The molecule has 0 bridgehead atoms. The van der Waals surface area contributed by atoms with Crippen molar-refractivity contribution in [3.05, 3.63) is 61.2 Å². The quantitative estimate of drug-likeness (QED) is 0.443. The lowest BCUT2D eigenvalue weighted by molar-refractivity contribution is -0.695. The summed E-state index contributed by atoms with van der Waals surface area (Å²) in [7, 11) is 0. The normalized spacial score (nSPS) is 12.2. The van der Waals surface area contributed by atoms with Crippen LogP contribution in [0.2, 0.25) is 0 Å².